The molecule has 0 amide bonds. The van der Waals surface area contributed by atoms with Crippen LogP contribution in [0.4, 0.5) is 10.1 Å². The number of benzene rings is 1. The van der Waals surface area contributed by atoms with Gasteiger partial charge in [0.1, 0.15) is 5.82 Å². The summed E-state index contributed by atoms with van der Waals surface area (Å²) in [5.41, 5.74) is 0.946. The number of hydrogen-bond donors (Lipinski definition) is 0. The van der Waals surface area contributed by atoms with Gasteiger partial charge >= 0.3 is 0 Å². The summed E-state index contributed by atoms with van der Waals surface area (Å²) in [4.78, 5) is 4.38. The fourth-order valence-electron chi connectivity index (χ4n) is 3.23. The van der Waals surface area contributed by atoms with Crippen molar-refractivity contribution in [1.29, 1.82) is 5.26 Å². The predicted octanol–water partition coefficient (Wildman–Crippen LogP) is 2.01. The molecule has 2 aliphatic rings. The lowest BCUT2D eigenvalue weighted by molar-refractivity contribution is 0.0101. The van der Waals surface area contributed by atoms with E-state index in [0.29, 0.717) is 24.5 Å². The van der Waals surface area contributed by atoms with Gasteiger partial charge in [0.05, 0.1) is 36.6 Å². The van der Waals surface area contributed by atoms with Crippen LogP contribution in [0.3, 0.4) is 0 Å². The van der Waals surface area contributed by atoms with Crippen LogP contribution in [-0.2, 0) is 9.47 Å². The second kappa shape index (κ2) is 8.43. The molecule has 2 aliphatic heterocycles. The molecule has 0 bridgehead atoms. The van der Waals surface area contributed by atoms with Gasteiger partial charge < -0.3 is 14.4 Å². The molecule has 24 heavy (non-hydrogen) atoms. The maximum absolute atomic E-state index is 14.1. The monoisotopic (exact) mass is 333 g/mol. The highest BCUT2D eigenvalue weighted by Gasteiger charge is 2.20. The van der Waals surface area contributed by atoms with Crippen LogP contribution in [-0.4, -0.2) is 63.5 Å². The Bertz CT molecular complexity index is 576. The number of ether oxygens (including phenoxy) is 2. The van der Waals surface area contributed by atoms with Crippen LogP contribution < -0.4 is 4.90 Å². The fourth-order valence-corrected chi connectivity index (χ4v) is 3.23. The Morgan fingerprint density at radius 2 is 2.12 bits per heavy atom. The van der Waals surface area contributed by atoms with Crippen molar-refractivity contribution in [3.05, 3.63) is 29.6 Å². The average molecular weight is 333 g/mol. The Kier molecular flexibility index (Phi) is 6.02. The molecule has 6 heteroatoms. The summed E-state index contributed by atoms with van der Waals surface area (Å²) in [6.45, 7) is 6.52. The lowest BCUT2D eigenvalue weighted by Crippen LogP contribution is -2.47. The minimum atomic E-state index is -0.317. The largest absolute Gasteiger partial charge is 0.377 e. The van der Waals surface area contributed by atoms with Crippen LogP contribution in [0.25, 0.3) is 0 Å². The smallest absolute Gasteiger partial charge is 0.147 e. The summed E-state index contributed by atoms with van der Waals surface area (Å²) in [6.07, 6.45) is 2.53. The molecule has 0 saturated carbocycles. The molecule has 2 saturated heterocycles. The van der Waals surface area contributed by atoms with Gasteiger partial charge in [0.2, 0.25) is 0 Å². The highest BCUT2D eigenvalue weighted by Crippen LogP contribution is 2.21. The van der Waals surface area contributed by atoms with E-state index in [0.717, 1.165) is 52.2 Å². The number of hydrogen-bond acceptors (Lipinski definition) is 5. The second-order valence-corrected chi connectivity index (χ2v) is 6.32. The molecule has 1 aromatic carbocycles. The summed E-state index contributed by atoms with van der Waals surface area (Å²) in [7, 11) is 0. The zero-order valence-corrected chi connectivity index (χ0v) is 13.9. The van der Waals surface area contributed by atoms with Crippen LogP contribution in [0.1, 0.15) is 18.4 Å². The summed E-state index contributed by atoms with van der Waals surface area (Å²) >= 11 is 0. The first-order chi connectivity index (χ1) is 11.8. The third kappa shape index (κ3) is 4.44. The van der Waals surface area contributed by atoms with E-state index in [1.165, 1.54) is 6.07 Å². The highest BCUT2D eigenvalue weighted by molar-refractivity contribution is 5.51. The van der Waals surface area contributed by atoms with Gasteiger partial charge in [0, 0.05) is 39.3 Å². The highest BCUT2D eigenvalue weighted by atomic mass is 19.1. The van der Waals surface area contributed by atoms with E-state index in [4.69, 9.17) is 14.7 Å². The van der Waals surface area contributed by atoms with Crippen LogP contribution in [0.2, 0.25) is 0 Å². The van der Waals surface area contributed by atoms with Gasteiger partial charge in [-0.3, -0.25) is 4.90 Å². The van der Waals surface area contributed by atoms with Gasteiger partial charge in [-0.15, -0.1) is 0 Å². The Morgan fingerprint density at radius 1 is 1.29 bits per heavy atom. The maximum atomic E-state index is 14.1. The molecule has 0 unspecified atom stereocenters. The Labute approximate surface area is 142 Å². The van der Waals surface area contributed by atoms with E-state index < -0.39 is 0 Å². The van der Waals surface area contributed by atoms with Crippen molar-refractivity contribution < 1.29 is 13.9 Å². The molecule has 1 aromatic rings. The van der Waals surface area contributed by atoms with Gasteiger partial charge in [-0.2, -0.15) is 5.26 Å². The zero-order valence-electron chi connectivity index (χ0n) is 13.9. The first-order valence-corrected chi connectivity index (χ1v) is 8.62. The first kappa shape index (κ1) is 17.2. The van der Waals surface area contributed by atoms with Crippen molar-refractivity contribution in [2.24, 2.45) is 0 Å². The van der Waals surface area contributed by atoms with E-state index >= 15 is 0 Å². The molecule has 0 aromatic heterocycles. The number of anilines is 1. The quantitative estimate of drug-likeness (QED) is 0.746. The number of nitriles is 1. The molecule has 2 fully saturated rings. The number of nitrogens with zero attached hydrogens (tertiary/aromatic N) is 3. The number of rotatable bonds is 6. The van der Waals surface area contributed by atoms with Crippen LogP contribution in [0, 0.1) is 17.1 Å². The molecule has 1 atom stereocenters. The van der Waals surface area contributed by atoms with Gasteiger partial charge in [-0.05, 0) is 31.0 Å². The Balaban J connectivity index is 1.38. The molecule has 0 N–H and O–H groups in total. The second-order valence-electron chi connectivity index (χ2n) is 6.32. The van der Waals surface area contributed by atoms with E-state index in [1.54, 1.807) is 12.1 Å². The minimum Gasteiger partial charge on any atom is -0.377 e. The van der Waals surface area contributed by atoms with Crippen LogP contribution in [0.15, 0.2) is 18.2 Å². The van der Waals surface area contributed by atoms with E-state index in [1.807, 2.05) is 11.0 Å². The first-order valence-electron chi connectivity index (χ1n) is 8.62. The van der Waals surface area contributed by atoms with E-state index in [2.05, 4.69) is 4.90 Å². The molecule has 0 spiro atoms. The standard InChI is InChI=1S/C18H24FN3O2/c19-17-12-15(13-20)3-4-18(17)22-7-5-21(6-8-22)9-11-23-14-16-2-1-10-24-16/h3-4,12,16H,1-2,5-11,14H2/t16-/m0/s1. The predicted molar refractivity (Wildman–Crippen MR) is 89.6 cm³/mol. The third-order valence-electron chi connectivity index (χ3n) is 4.67. The van der Waals surface area contributed by atoms with Crippen LogP contribution >= 0.6 is 0 Å². The van der Waals surface area contributed by atoms with Crippen molar-refractivity contribution in [2.45, 2.75) is 18.9 Å². The molecular weight excluding hydrogens is 309 g/mol. The Morgan fingerprint density at radius 3 is 2.79 bits per heavy atom. The zero-order chi connectivity index (χ0) is 16.8. The number of piperazine rings is 1. The lowest BCUT2D eigenvalue weighted by Gasteiger charge is -2.36. The average Bonchev–Trinajstić information content (AvgIpc) is 3.13. The minimum absolute atomic E-state index is 0.279. The van der Waals surface area contributed by atoms with Crippen molar-refractivity contribution >= 4 is 5.69 Å². The topological polar surface area (TPSA) is 48.7 Å². The van der Waals surface area contributed by atoms with Gasteiger partial charge in [0.25, 0.3) is 0 Å². The SMILES string of the molecule is N#Cc1ccc(N2CCN(CCOC[C@@H]3CCCO3)CC2)c(F)c1. The maximum Gasteiger partial charge on any atom is 0.147 e. The molecule has 0 radical (unpaired) electrons. The molecule has 5 nitrogen and oxygen atoms in total. The van der Waals surface area contributed by atoms with Crippen molar-refractivity contribution in [1.82, 2.24) is 4.90 Å². The Hall–Kier alpha value is -1.68. The van der Waals surface area contributed by atoms with Gasteiger partial charge in [-0.25, -0.2) is 4.39 Å². The molecule has 0 aliphatic carbocycles. The summed E-state index contributed by atoms with van der Waals surface area (Å²) in [5.74, 6) is -0.317. The van der Waals surface area contributed by atoms with E-state index in [-0.39, 0.29) is 11.9 Å². The lowest BCUT2D eigenvalue weighted by atomic mass is 10.2. The third-order valence-corrected chi connectivity index (χ3v) is 4.67. The molecule has 130 valence electrons. The van der Waals surface area contributed by atoms with Gasteiger partial charge in [0.15, 0.2) is 0 Å². The summed E-state index contributed by atoms with van der Waals surface area (Å²) < 4.78 is 25.3. The van der Waals surface area contributed by atoms with Gasteiger partial charge in [-0.1, -0.05) is 0 Å². The van der Waals surface area contributed by atoms with Crippen LogP contribution in [0.5, 0.6) is 0 Å². The molecule has 2 heterocycles. The van der Waals surface area contributed by atoms with Crippen molar-refractivity contribution in [3.63, 3.8) is 0 Å². The summed E-state index contributed by atoms with van der Waals surface area (Å²) in [6, 6.07) is 6.64. The van der Waals surface area contributed by atoms with Crippen molar-refractivity contribution in [3.8, 4) is 6.07 Å². The molecular formula is C18H24FN3O2. The van der Waals surface area contributed by atoms with E-state index in [9.17, 15) is 4.39 Å². The number of halogens is 1. The fraction of sp³-hybridized carbons (Fsp3) is 0.611. The normalized spacial score (nSPS) is 21.8. The molecule has 3 rings (SSSR count). The van der Waals surface area contributed by atoms with Crippen molar-refractivity contribution in [2.75, 3.05) is 57.4 Å². The summed E-state index contributed by atoms with van der Waals surface area (Å²) in [5, 5.41) is 8.81.